The summed E-state index contributed by atoms with van der Waals surface area (Å²) in [5.74, 6) is 0.690. The smallest absolute Gasteiger partial charge is 0.335 e. The number of rotatable bonds is 3. The maximum Gasteiger partial charge on any atom is 0.335 e. The lowest BCUT2D eigenvalue weighted by Crippen LogP contribution is -2.61. The van der Waals surface area contributed by atoms with Crippen LogP contribution in [0.2, 0.25) is 0 Å². The van der Waals surface area contributed by atoms with Crippen molar-refractivity contribution in [1.29, 1.82) is 0 Å². The van der Waals surface area contributed by atoms with Crippen LogP contribution >= 0.6 is 0 Å². The van der Waals surface area contributed by atoms with Crippen molar-refractivity contribution in [3.63, 3.8) is 0 Å². The second kappa shape index (κ2) is 8.25. The lowest BCUT2D eigenvalue weighted by molar-refractivity contribution is -0.302. The van der Waals surface area contributed by atoms with E-state index < -0.39 is 42.3 Å². The molecule has 0 unspecified atom stereocenters. The van der Waals surface area contributed by atoms with Crippen molar-refractivity contribution < 1.29 is 39.8 Å². The number of hydrogen-bond acceptors (Lipinski definition) is 7. The van der Waals surface area contributed by atoms with E-state index in [0.29, 0.717) is 23.7 Å². The first-order valence-electron chi connectivity index (χ1n) is 12.9. The zero-order valence-electron chi connectivity index (χ0n) is 20.3. The molecule has 0 aromatic rings. The number of aliphatic carboxylic acids is 1. The minimum atomic E-state index is -1.72. The molecule has 8 nitrogen and oxygen atoms in total. The van der Waals surface area contributed by atoms with Crippen LogP contribution in [0, 0.1) is 34.5 Å². The molecular weight excluding hydrogens is 440 g/mol. The molecule has 0 spiro atoms. The monoisotopic (exact) mass is 480 g/mol. The Labute approximate surface area is 201 Å². The third-order valence-electron chi connectivity index (χ3n) is 10.8. The summed E-state index contributed by atoms with van der Waals surface area (Å²) in [7, 11) is 0. The Hall–Kier alpha value is -1.03. The Bertz CT molecular complexity index is 843. The van der Waals surface area contributed by atoms with Gasteiger partial charge in [0.1, 0.15) is 18.3 Å². The number of aliphatic hydroxyl groups is 4. The van der Waals surface area contributed by atoms with Crippen LogP contribution in [0.15, 0.2) is 12.2 Å². The van der Waals surface area contributed by atoms with Gasteiger partial charge in [0.25, 0.3) is 0 Å². The molecule has 0 bridgehead atoms. The number of carboxylic acids is 1. The fourth-order valence-electron chi connectivity index (χ4n) is 8.46. The maximum atomic E-state index is 11.4. The lowest BCUT2D eigenvalue weighted by atomic mass is 9.45. The van der Waals surface area contributed by atoms with Gasteiger partial charge in [-0.1, -0.05) is 26.0 Å². The van der Waals surface area contributed by atoms with Crippen molar-refractivity contribution in [2.75, 3.05) is 0 Å². The maximum absolute atomic E-state index is 11.4. The molecule has 5 rings (SSSR count). The minimum Gasteiger partial charge on any atom is -0.479 e. The standard InChI is InChI=1S/C26H40O8/c1-24-9-6-14(33-23-20(29)18(27)19(28)21(34-23)22(30)31)12-13(24)4-5-15-16(24)7-10-25(2)17(15)8-11-26(25,3)32/h6,9,13-21,23,27-29,32H,4-5,7-8,10-12H2,1-3H3,(H,30,31)/t13-,14-,15-,16+,17+,18+,19+,20-,21+,23-,24+,25+,26-/m1/s1. The highest BCUT2D eigenvalue weighted by Gasteiger charge is 2.63. The van der Waals surface area contributed by atoms with Gasteiger partial charge in [-0.05, 0) is 86.4 Å². The topological polar surface area (TPSA) is 137 Å². The lowest BCUT2D eigenvalue weighted by Gasteiger charge is -2.60. The average molecular weight is 481 g/mol. The van der Waals surface area contributed by atoms with Crippen LogP contribution in [0.4, 0.5) is 0 Å². The van der Waals surface area contributed by atoms with E-state index in [1.165, 1.54) is 0 Å². The number of hydrogen-bond donors (Lipinski definition) is 5. The van der Waals surface area contributed by atoms with Gasteiger partial charge in [0.2, 0.25) is 0 Å². The second-order valence-corrected chi connectivity index (χ2v) is 12.3. The Balaban J connectivity index is 1.31. The van der Waals surface area contributed by atoms with Crippen LogP contribution in [-0.2, 0) is 14.3 Å². The van der Waals surface area contributed by atoms with E-state index in [4.69, 9.17) is 9.47 Å². The molecular formula is C26H40O8. The van der Waals surface area contributed by atoms with Gasteiger partial charge < -0.3 is 35.0 Å². The van der Waals surface area contributed by atoms with Gasteiger partial charge in [0.15, 0.2) is 12.4 Å². The van der Waals surface area contributed by atoms with Crippen LogP contribution in [-0.4, -0.2) is 73.9 Å². The third-order valence-corrected chi connectivity index (χ3v) is 10.8. The molecule has 1 saturated heterocycles. The highest BCUT2D eigenvalue weighted by Crippen LogP contribution is 2.67. The van der Waals surface area contributed by atoms with E-state index >= 15 is 0 Å². The zero-order valence-corrected chi connectivity index (χ0v) is 20.3. The van der Waals surface area contributed by atoms with Gasteiger partial charge in [0, 0.05) is 0 Å². The SMILES string of the molecule is C[C@]12C=C[C@@H](O[C@@H]3O[C@H](C(=O)O)[C@@H](O)[C@H](O)[C@H]3O)C[C@H]1CC[C@@H]1[C@@H]2CC[C@@]2(C)[C@H]1CC[C@@]2(C)O. The number of carbonyl (C=O) groups is 1. The van der Waals surface area contributed by atoms with E-state index in [1.807, 2.05) is 13.0 Å². The highest BCUT2D eigenvalue weighted by atomic mass is 16.7. The molecule has 0 aromatic heterocycles. The molecule has 1 aliphatic heterocycles. The Morgan fingerprint density at radius 1 is 0.971 bits per heavy atom. The summed E-state index contributed by atoms with van der Waals surface area (Å²) in [6.45, 7) is 6.67. The van der Waals surface area contributed by atoms with Crippen LogP contribution in [0.5, 0.6) is 0 Å². The van der Waals surface area contributed by atoms with Gasteiger partial charge in [0.05, 0.1) is 11.7 Å². The van der Waals surface area contributed by atoms with E-state index in [2.05, 4.69) is 19.9 Å². The summed E-state index contributed by atoms with van der Waals surface area (Å²) in [6.07, 6.45) is 3.04. The number of fused-ring (bicyclic) bond motifs is 5. The van der Waals surface area contributed by atoms with Gasteiger partial charge in [-0.3, -0.25) is 0 Å². The first-order chi connectivity index (χ1) is 15.9. The van der Waals surface area contributed by atoms with Gasteiger partial charge in [-0.2, -0.15) is 0 Å². The zero-order chi connectivity index (χ0) is 24.6. The van der Waals surface area contributed by atoms with E-state index in [9.17, 15) is 30.3 Å². The average Bonchev–Trinajstić information content (AvgIpc) is 3.03. The van der Waals surface area contributed by atoms with Crippen molar-refractivity contribution in [2.45, 2.75) is 108 Å². The van der Waals surface area contributed by atoms with Crippen LogP contribution in [0.3, 0.4) is 0 Å². The van der Waals surface area contributed by atoms with E-state index in [1.54, 1.807) is 0 Å². The number of aliphatic hydroxyl groups excluding tert-OH is 3. The summed E-state index contributed by atoms with van der Waals surface area (Å²) in [5.41, 5.74) is -0.569. The molecule has 192 valence electrons. The predicted molar refractivity (Wildman–Crippen MR) is 121 cm³/mol. The third kappa shape index (κ3) is 3.51. The van der Waals surface area contributed by atoms with Gasteiger partial charge >= 0.3 is 5.97 Å². The van der Waals surface area contributed by atoms with Crippen molar-refractivity contribution in [3.05, 3.63) is 12.2 Å². The molecule has 8 heteroatoms. The molecule has 5 aliphatic rings. The molecule has 3 saturated carbocycles. The molecule has 0 aromatic carbocycles. The number of carboxylic acid groups (broad SMARTS) is 1. The normalized spacial score (nSPS) is 56.9. The molecule has 13 atom stereocenters. The summed E-state index contributed by atoms with van der Waals surface area (Å²) < 4.78 is 11.3. The fraction of sp³-hybridized carbons (Fsp3) is 0.885. The summed E-state index contributed by atoms with van der Waals surface area (Å²) in [5, 5.41) is 50.7. The van der Waals surface area contributed by atoms with Crippen molar-refractivity contribution in [3.8, 4) is 0 Å². The molecule has 0 amide bonds. The predicted octanol–water partition coefficient (Wildman–Crippen LogP) is 1.83. The minimum absolute atomic E-state index is 0.0120. The second-order valence-electron chi connectivity index (χ2n) is 12.3. The summed E-state index contributed by atoms with van der Waals surface area (Å²) in [4.78, 5) is 11.4. The van der Waals surface area contributed by atoms with Crippen molar-refractivity contribution in [2.24, 2.45) is 34.5 Å². The van der Waals surface area contributed by atoms with Crippen LogP contribution in [0.1, 0.15) is 65.7 Å². The Morgan fingerprint density at radius 2 is 1.68 bits per heavy atom. The summed E-state index contributed by atoms with van der Waals surface area (Å²) in [6, 6.07) is 0. The molecule has 1 heterocycles. The first-order valence-corrected chi connectivity index (χ1v) is 12.9. The summed E-state index contributed by atoms with van der Waals surface area (Å²) >= 11 is 0. The quantitative estimate of drug-likeness (QED) is 0.386. The Kier molecular flexibility index (Phi) is 5.98. The van der Waals surface area contributed by atoms with Crippen molar-refractivity contribution in [1.82, 2.24) is 0 Å². The molecule has 34 heavy (non-hydrogen) atoms. The molecule has 5 N–H and O–H groups in total. The van der Waals surface area contributed by atoms with Crippen molar-refractivity contribution >= 4 is 5.97 Å². The van der Waals surface area contributed by atoms with Crippen LogP contribution < -0.4 is 0 Å². The Morgan fingerprint density at radius 3 is 2.38 bits per heavy atom. The van der Waals surface area contributed by atoms with Gasteiger partial charge in [-0.25, -0.2) is 4.79 Å². The van der Waals surface area contributed by atoms with Crippen LogP contribution in [0.25, 0.3) is 0 Å². The van der Waals surface area contributed by atoms with E-state index in [-0.39, 0.29) is 16.9 Å². The molecule has 4 fully saturated rings. The first kappa shape index (κ1) is 24.7. The fourth-order valence-corrected chi connectivity index (χ4v) is 8.46. The van der Waals surface area contributed by atoms with E-state index in [0.717, 1.165) is 44.9 Å². The number of ether oxygens (including phenoxy) is 2. The highest BCUT2D eigenvalue weighted by molar-refractivity contribution is 5.73. The van der Waals surface area contributed by atoms with Gasteiger partial charge in [-0.15, -0.1) is 0 Å². The largest absolute Gasteiger partial charge is 0.479 e. The molecule has 0 radical (unpaired) electrons. The number of allylic oxidation sites excluding steroid dienone is 1. The molecule has 4 aliphatic carbocycles.